The Bertz CT molecular complexity index is 724. The van der Waals surface area contributed by atoms with E-state index in [1.54, 1.807) is 0 Å². The number of aliphatic hydroxyl groups excluding tert-OH is 2. The number of hydrogen-bond acceptors (Lipinski definition) is 9. The zero-order valence-electron chi connectivity index (χ0n) is 26.6. The van der Waals surface area contributed by atoms with Crippen LogP contribution in [0.15, 0.2) is 0 Å². The molecule has 0 aromatic rings. The van der Waals surface area contributed by atoms with Gasteiger partial charge in [-0.1, -0.05) is 89.3 Å². The van der Waals surface area contributed by atoms with Gasteiger partial charge in [0.1, 0.15) is 19.8 Å². The quantitative estimate of drug-likeness (QED) is 0.0268. The van der Waals surface area contributed by atoms with Crippen LogP contribution in [0.3, 0.4) is 0 Å². The summed E-state index contributed by atoms with van der Waals surface area (Å²) in [7, 11) is 6.16. The van der Waals surface area contributed by atoms with Gasteiger partial charge in [-0.15, -0.1) is 0 Å². The van der Waals surface area contributed by atoms with Crippen molar-refractivity contribution in [2.24, 2.45) is 0 Å². The third-order valence-corrected chi connectivity index (χ3v) is 9.06. The third-order valence-electron chi connectivity index (χ3n) is 6.75. The number of ether oxygens (including phenoxy) is 2. The Hall–Kier alpha value is -0.260. The van der Waals surface area contributed by atoms with Crippen molar-refractivity contribution in [3.8, 4) is 0 Å². The summed E-state index contributed by atoms with van der Waals surface area (Å²) in [5.74, 6) is -0.664. The van der Waals surface area contributed by atoms with Crippen LogP contribution < -0.4 is 0 Å². The number of esters is 2. The molecule has 0 aromatic carbocycles. The van der Waals surface area contributed by atoms with E-state index >= 15 is 0 Å². The second kappa shape index (κ2) is 27.1. The lowest BCUT2D eigenvalue weighted by molar-refractivity contribution is -0.870. The highest BCUT2D eigenvalue weighted by molar-refractivity contribution is 8.60. The Morgan fingerprint density at radius 3 is 1.57 bits per heavy atom. The molecule has 0 saturated heterocycles. The Kier molecular flexibility index (Phi) is 26.9. The molecule has 0 aliphatic heterocycles. The Balaban J connectivity index is 4.51. The molecule has 0 aliphatic carbocycles. The highest BCUT2D eigenvalue weighted by atomic mass is 32.9. The number of unbranched alkanes of at least 4 members (excludes halogenated alkanes) is 14. The minimum absolute atomic E-state index is 0.0473. The second-order valence-electron chi connectivity index (χ2n) is 12.0. The van der Waals surface area contributed by atoms with E-state index in [9.17, 15) is 9.59 Å². The van der Waals surface area contributed by atoms with Crippen molar-refractivity contribution in [3.05, 3.63) is 0 Å². The number of quaternary nitrogens is 1. The third kappa shape index (κ3) is 29.8. The van der Waals surface area contributed by atoms with E-state index in [0.717, 1.165) is 109 Å². The van der Waals surface area contributed by atoms with Crippen LogP contribution in [0.1, 0.15) is 116 Å². The maximum absolute atomic E-state index is 12.5. The van der Waals surface area contributed by atoms with Crippen molar-refractivity contribution in [2.45, 2.75) is 122 Å². The van der Waals surface area contributed by atoms with Crippen LogP contribution in [0.25, 0.3) is 0 Å². The molecular weight excluding hydrogens is 597 g/mol. The predicted octanol–water partition coefficient (Wildman–Crippen LogP) is 6.34. The van der Waals surface area contributed by atoms with Crippen LogP contribution in [0.5, 0.6) is 0 Å². The van der Waals surface area contributed by atoms with Crippen LogP contribution in [0.4, 0.5) is 0 Å². The smallest absolute Gasteiger partial charge is 0.306 e. The summed E-state index contributed by atoms with van der Waals surface area (Å²) in [6, 6.07) is 0. The van der Waals surface area contributed by atoms with Gasteiger partial charge in [0.15, 0.2) is 6.10 Å². The van der Waals surface area contributed by atoms with Gasteiger partial charge in [-0.3, -0.25) is 9.59 Å². The fourth-order valence-corrected chi connectivity index (χ4v) is 5.74. The summed E-state index contributed by atoms with van der Waals surface area (Å²) < 4.78 is 23.3. The van der Waals surface area contributed by atoms with E-state index in [1.807, 2.05) is 0 Å². The van der Waals surface area contributed by atoms with Crippen molar-refractivity contribution < 1.29 is 42.8 Å². The molecule has 0 amide bonds. The molecule has 0 radical (unpaired) electrons. The number of thiol groups is 1. The maximum atomic E-state index is 12.5. The van der Waals surface area contributed by atoms with E-state index < -0.39 is 11.8 Å². The van der Waals surface area contributed by atoms with Crippen molar-refractivity contribution in [1.82, 2.24) is 0 Å². The van der Waals surface area contributed by atoms with Gasteiger partial charge in [-0.25, -0.2) is 0 Å². The molecule has 0 spiro atoms. The molecular formula is C30H61NO8PS2+. The molecule has 250 valence electrons. The molecule has 42 heavy (non-hydrogen) atoms. The Labute approximate surface area is 266 Å². The molecule has 0 bridgehead atoms. The Morgan fingerprint density at radius 2 is 1.12 bits per heavy atom. The molecule has 2 N–H and O–H groups in total. The van der Waals surface area contributed by atoms with Gasteiger partial charge < -0.3 is 33.2 Å². The minimum atomic E-state index is -2.85. The van der Waals surface area contributed by atoms with E-state index in [4.69, 9.17) is 40.5 Å². The van der Waals surface area contributed by atoms with Crippen molar-refractivity contribution in [2.75, 3.05) is 60.7 Å². The first-order chi connectivity index (χ1) is 20.0. The number of aliphatic hydroxyl groups is 2. The summed E-state index contributed by atoms with van der Waals surface area (Å²) in [6.07, 6.45) is 16.1. The van der Waals surface area contributed by atoms with Crippen molar-refractivity contribution in [3.63, 3.8) is 0 Å². The monoisotopic (exact) mass is 658 g/mol. The normalized spacial score (nSPS) is 14.0. The Morgan fingerprint density at radius 1 is 0.690 bits per heavy atom. The van der Waals surface area contributed by atoms with Gasteiger partial charge in [-0.05, 0) is 37.5 Å². The fraction of sp³-hybridized carbons (Fsp3) is 0.933. The van der Waals surface area contributed by atoms with Gasteiger partial charge in [0.2, 0.25) is 5.69 Å². The van der Waals surface area contributed by atoms with Gasteiger partial charge in [0, 0.05) is 26.1 Å². The van der Waals surface area contributed by atoms with Gasteiger partial charge >= 0.3 is 11.9 Å². The van der Waals surface area contributed by atoms with Crippen LogP contribution in [-0.2, 0) is 39.9 Å². The highest BCUT2D eigenvalue weighted by Crippen LogP contribution is 2.53. The summed E-state index contributed by atoms with van der Waals surface area (Å²) in [6.45, 7) is 1.52. The minimum Gasteiger partial charge on any atom is -0.462 e. The second-order valence-corrected chi connectivity index (χ2v) is 17.3. The van der Waals surface area contributed by atoms with Crippen LogP contribution in [0.2, 0.25) is 0 Å². The van der Waals surface area contributed by atoms with Gasteiger partial charge in [-0.2, -0.15) is 0 Å². The first-order valence-corrected chi connectivity index (χ1v) is 19.8. The maximum Gasteiger partial charge on any atom is 0.306 e. The first-order valence-electron chi connectivity index (χ1n) is 16.0. The number of likely N-dealkylation sites (N-methyl/N-ethyl adjacent to an activating group) is 1. The summed E-state index contributed by atoms with van der Waals surface area (Å²) in [5.41, 5.74) is -2.85. The standard InChI is InChI=1S/C30H60NO8PS2/c1-31(2,3)22-25-37-40(41,42)38-27-28(39-30(35)21-17-13-9-5-7-11-15-19-24-33)26-36-29(34)20-16-12-8-4-6-10-14-18-23-32/h28,32-33H,4-27H2,1-3H3/p+1/t28-/m1/s1. The van der Waals surface area contributed by atoms with E-state index in [2.05, 4.69) is 33.4 Å². The molecule has 0 aromatic heterocycles. The topological polar surface area (TPSA) is 112 Å². The average molecular weight is 659 g/mol. The lowest BCUT2D eigenvalue weighted by Gasteiger charge is -2.26. The molecule has 1 unspecified atom stereocenters. The molecule has 0 saturated carbocycles. The van der Waals surface area contributed by atoms with Crippen LogP contribution in [0, 0.1) is 0 Å². The largest absolute Gasteiger partial charge is 0.462 e. The lowest BCUT2D eigenvalue weighted by Crippen LogP contribution is -2.37. The molecule has 2 atom stereocenters. The molecule has 9 nitrogen and oxygen atoms in total. The fourth-order valence-electron chi connectivity index (χ4n) is 4.15. The molecule has 0 rings (SSSR count). The molecule has 12 heteroatoms. The van der Waals surface area contributed by atoms with Crippen molar-refractivity contribution >= 4 is 41.7 Å². The number of nitrogens with zero attached hydrogens (tertiary/aromatic N) is 1. The zero-order chi connectivity index (χ0) is 31.5. The van der Waals surface area contributed by atoms with E-state index in [-0.39, 0.29) is 38.4 Å². The molecule has 0 fully saturated rings. The number of rotatable bonds is 30. The first kappa shape index (κ1) is 41.7. The predicted molar refractivity (Wildman–Crippen MR) is 176 cm³/mol. The number of carbonyl (C=O) groups excluding carboxylic acids is 2. The van der Waals surface area contributed by atoms with Crippen LogP contribution >= 0.6 is 17.9 Å². The number of carbonyl (C=O) groups is 2. The number of hydrogen-bond donors (Lipinski definition) is 3. The SMILES string of the molecule is C[N+](C)(C)CCOP(=S)(S)OC[C@@H](COC(=O)CCCCCCCCCCO)OC(=O)CCCCCCCCCCO. The summed E-state index contributed by atoms with van der Waals surface area (Å²) >= 11 is 9.82. The average Bonchev–Trinajstić information content (AvgIpc) is 2.92. The van der Waals surface area contributed by atoms with E-state index in [0.29, 0.717) is 23.9 Å². The van der Waals surface area contributed by atoms with Crippen molar-refractivity contribution in [1.29, 1.82) is 0 Å². The summed E-state index contributed by atoms with van der Waals surface area (Å²) in [4.78, 5) is 24.9. The zero-order valence-corrected chi connectivity index (χ0v) is 29.2. The van der Waals surface area contributed by atoms with Gasteiger partial charge in [0.05, 0.1) is 27.7 Å². The molecule has 0 aliphatic rings. The molecule has 0 heterocycles. The summed E-state index contributed by atoms with van der Waals surface area (Å²) in [5, 5.41) is 17.7. The van der Waals surface area contributed by atoms with Gasteiger partial charge in [0.25, 0.3) is 0 Å². The van der Waals surface area contributed by atoms with E-state index in [1.165, 1.54) is 0 Å². The highest BCUT2D eigenvalue weighted by Gasteiger charge is 2.23. The van der Waals surface area contributed by atoms with Crippen LogP contribution in [-0.4, -0.2) is 93.5 Å². The lowest BCUT2D eigenvalue weighted by atomic mass is 10.1.